The van der Waals surface area contributed by atoms with Gasteiger partial charge in [0.25, 0.3) is 0 Å². The highest BCUT2D eigenvalue weighted by atomic mass is 35.5. The highest BCUT2D eigenvalue weighted by molar-refractivity contribution is 6.42. The van der Waals surface area contributed by atoms with Crippen molar-refractivity contribution in [3.05, 3.63) is 57.3 Å². The Morgan fingerprint density at radius 1 is 1.16 bits per heavy atom. The molecule has 2 aromatic rings. The third kappa shape index (κ3) is 3.31. The number of halogens is 3. The predicted octanol–water partition coefficient (Wildman–Crippen LogP) is 4.60. The Hall–Kier alpha value is -1.45. The van der Waals surface area contributed by atoms with Crippen LogP contribution in [0.2, 0.25) is 10.0 Å². The SMILES string of the molecule is Cc1cc(OCc2ccc(Cl)c(Cl)c2)c(F)cc1N. The first kappa shape index (κ1) is 14.0. The molecule has 0 bridgehead atoms. The van der Waals surface area contributed by atoms with Gasteiger partial charge in [0.05, 0.1) is 10.0 Å². The van der Waals surface area contributed by atoms with Crippen LogP contribution in [0.1, 0.15) is 11.1 Å². The fourth-order valence-electron chi connectivity index (χ4n) is 1.57. The predicted molar refractivity (Wildman–Crippen MR) is 76.3 cm³/mol. The van der Waals surface area contributed by atoms with Crippen LogP contribution in [-0.4, -0.2) is 0 Å². The molecule has 19 heavy (non-hydrogen) atoms. The van der Waals surface area contributed by atoms with Crippen molar-refractivity contribution in [2.24, 2.45) is 0 Å². The number of hydrogen-bond acceptors (Lipinski definition) is 2. The van der Waals surface area contributed by atoms with Crippen molar-refractivity contribution in [3.8, 4) is 5.75 Å². The van der Waals surface area contributed by atoms with Gasteiger partial charge in [0.15, 0.2) is 11.6 Å². The quantitative estimate of drug-likeness (QED) is 0.841. The van der Waals surface area contributed by atoms with Gasteiger partial charge in [-0.25, -0.2) is 4.39 Å². The molecule has 0 radical (unpaired) electrons. The van der Waals surface area contributed by atoms with Crippen LogP contribution < -0.4 is 10.5 Å². The Kier molecular flexibility index (Phi) is 4.17. The molecule has 0 heterocycles. The highest BCUT2D eigenvalue weighted by Gasteiger charge is 2.07. The molecule has 0 aliphatic rings. The van der Waals surface area contributed by atoms with Crippen LogP contribution in [0.15, 0.2) is 30.3 Å². The molecule has 0 amide bonds. The van der Waals surface area contributed by atoms with E-state index >= 15 is 0 Å². The van der Waals surface area contributed by atoms with E-state index in [1.165, 1.54) is 6.07 Å². The zero-order valence-corrected chi connectivity index (χ0v) is 11.7. The van der Waals surface area contributed by atoms with Gasteiger partial charge in [-0.2, -0.15) is 0 Å². The normalized spacial score (nSPS) is 10.5. The molecule has 0 aliphatic carbocycles. The average Bonchev–Trinajstić information content (AvgIpc) is 2.36. The second-order valence-corrected chi connectivity index (χ2v) is 4.99. The number of ether oxygens (including phenoxy) is 1. The van der Waals surface area contributed by atoms with Crippen LogP contribution in [0.4, 0.5) is 10.1 Å². The van der Waals surface area contributed by atoms with Gasteiger partial charge in [-0.1, -0.05) is 29.3 Å². The van der Waals surface area contributed by atoms with E-state index in [9.17, 15) is 4.39 Å². The van der Waals surface area contributed by atoms with E-state index in [0.717, 1.165) is 11.1 Å². The van der Waals surface area contributed by atoms with Crippen LogP contribution >= 0.6 is 23.2 Å². The van der Waals surface area contributed by atoms with Crippen molar-refractivity contribution in [3.63, 3.8) is 0 Å². The number of nitrogens with two attached hydrogens (primary N) is 1. The first-order chi connectivity index (χ1) is 8.97. The van der Waals surface area contributed by atoms with Crippen molar-refractivity contribution < 1.29 is 9.13 Å². The van der Waals surface area contributed by atoms with Gasteiger partial charge in [-0.15, -0.1) is 0 Å². The minimum atomic E-state index is -0.483. The number of benzene rings is 2. The highest BCUT2D eigenvalue weighted by Crippen LogP contribution is 2.26. The molecule has 0 fully saturated rings. The van der Waals surface area contributed by atoms with Gasteiger partial charge in [-0.3, -0.25) is 0 Å². The van der Waals surface area contributed by atoms with Gasteiger partial charge in [0.1, 0.15) is 6.61 Å². The molecule has 2 rings (SSSR count). The lowest BCUT2D eigenvalue weighted by atomic mass is 10.2. The lowest BCUT2D eigenvalue weighted by Gasteiger charge is -2.10. The van der Waals surface area contributed by atoms with Crippen LogP contribution in [0.3, 0.4) is 0 Å². The van der Waals surface area contributed by atoms with Crippen molar-refractivity contribution in [1.82, 2.24) is 0 Å². The largest absolute Gasteiger partial charge is 0.486 e. The molecular formula is C14H12Cl2FNO. The summed E-state index contributed by atoms with van der Waals surface area (Å²) in [5, 5.41) is 0.914. The third-order valence-corrected chi connectivity index (χ3v) is 3.44. The summed E-state index contributed by atoms with van der Waals surface area (Å²) in [5.41, 5.74) is 7.59. The standard InChI is InChI=1S/C14H12Cl2FNO/c1-8-4-14(12(17)6-13(8)18)19-7-9-2-3-10(15)11(16)5-9/h2-6H,7,18H2,1H3. The molecule has 2 aromatic carbocycles. The Balaban J connectivity index is 2.14. The van der Waals surface area contributed by atoms with E-state index in [1.54, 1.807) is 31.2 Å². The van der Waals surface area contributed by atoms with Crippen molar-refractivity contribution in [2.75, 3.05) is 5.73 Å². The molecule has 5 heteroatoms. The molecular weight excluding hydrogens is 288 g/mol. The average molecular weight is 300 g/mol. The maximum atomic E-state index is 13.6. The second-order valence-electron chi connectivity index (χ2n) is 4.18. The maximum absolute atomic E-state index is 13.6. The maximum Gasteiger partial charge on any atom is 0.167 e. The first-order valence-electron chi connectivity index (χ1n) is 5.59. The molecule has 100 valence electrons. The Bertz CT molecular complexity index is 617. The topological polar surface area (TPSA) is 35.2 Å². The minimum absolute atomic E-state index is 0.165. The fraction of sp³-hybridized carbons (Fsp3) is 0.143. The zero-order chi connectivity index (χ0) is 14.0. The first-order valence-corrected chi connectivity index (χ1v) is 6.35. The molecule has 0 aromatic heterocycles. The summed E-state index contributed by atoms with van der Waals surface area (Å²) < 4.78 is 19.0. The number of anilines is 1. The minimum Gasteiger partial charge on any atom is -0.486 e. The van der Waals surface area contributed by atoms with Crippen molar-refractivity contribution in [2.45, 2.75) is 13.5 Å². The molecule has 0 atom stereocenters. The second kappa shape index (κ2) is 5.68. The van der Waals surface area contributed by atoms with Crippen LogP contribution in [0.5, 0.6) is 5.75 Å². The van der Waals surface area contributed by atoms with E-state index in [-0.39, 0.29) is 12.4 Å². The van der Waals surface area contributed by atoms with Gasteiger partial charge < -0.3 is 10.5 Å². The summed E-state index contributed by atoms with van der Waals surface area (Å²) in [6.45, 7) is 2.00. The smallest absolute Gasteiger partial charge is 0.167 e. The fourth-order valence-corrected chi connectivity index (χ4v) is 1.89. The molecule has 0 saturated carbocycles. The summed E-state index contributed by atoms with van der Waals surface area (Å²) in [5.74, 6) is -0.319. The van der Waals surface area contributed by atoms with E-state index in [4.69, 9.17) is 33.7 Å². The van der Waals surface area contributed by atoms with Crippen LogP contribution in [0, 0.1) is 12.7 Å². The van der Waals surface area contributed by atoms with E-state index in [0.29, 0.717) is 15.7 Å². The summed E-state index contributed by atoms with van der Waals surface area (Å²) in [6, 6.07) is 7.96. The summed E-state index contributed by atoms with van der Waals surface area (Å²) in [4.78, 5) is 0. The lowest BCUT2D eigenvalue weighted by molar-refractivity contribution is 0.290. The monoisotopic (exact) mass is 299 g/mol. The van der Waals surface area contributed by atoms with Gasteiger partial charge >= 0.3 is 0 Å². The zero-order valence-electron chi connectivity index (χ0n) is 10.2. The summed E-state index contributed by atoms with van der Waals surface area (Å²) >= 11 is 11.7. The number of aryl methyl sites for hydroxylation is 1. The molecule has 0 unspecified atom stereocenters. The number of hydrogen-bond donors (Lipinski definition) is 1. The Morgan fingerprint density at radius 3 is 2.58 bits per heavy atom. The number of rotatable bonds is 3. The molecule has 2 N–H and O–H groups in total. The Morgan fingerprint density at radius 2 is 1.89 bits per heavy atom. The molecule has 2 nitrogen and oxygen atoms in total. The Labute approximate surface area is 120 Å². The van der Waals surface area contributed by atoms with Gasteiger partial charge in [0, 0.05) is 11.8 Å². The summed E-state index contributed by atoms with van der Waals surface area (Å²) in [7, 11) is 0. The van der Waals surface area contributed by atoms with Gasteiger partial charge in [-0.05, 0) is 36.2 Å². The van der Waals surface area contributed by atoms with Crippen LogP contribution in [-0.2, 0) is 6.61 Å². The van der Waals surface area contributed by atoms with Crippen molar-refractivity contribution >= 4 is 28.9 Å². The molecule has 0 spiro atoms. The third-order valence-electron chi connectivity index (χ3n) is 2.70. The van der Waals surface area contributed by atoms with Gasteiger partial charge in [0.2, 0.25) is 0 Å². The van der Waals surface area contributed by atoms with E-state index < -0.39 is 5.82 Å². The van der Waals surface area contributed by atoms with Crippen molar-refractivity contribution in [1.29, 1.82) is 0 Å². The van der Waals surface area contributed by atoms with E-state index in [2.05, 4.69) is 0 Å². The molecule has 0 aliphatic heterocycles. The van der Waals surface area contributed by atoms with Crippen LogP contribution in [0.25, 0.3) is 0 Å². The summed E-state index contributed by atoms with van der Waals surface area (Å²) in [6.07, 6.45) is 0. The number of nitrogen functional groups attached to an aromatic ring is 1. The lowest BCUT2D eigenvalue weighted by Crippen LogP contribution is -2.00. The van der Waals surface area contributed by atoms with E-state index in [1.807, 2.05) is 0 Å². The molecule has 0 saturated heterocycles.